The van der Waals surface area contributed by atoms with Gasteiger partial charge in [0.2, 0.25) is 0 Å². The van der Waals surface area contributed by atoms with Crippen LogP contribution in [0.1, 0.15) is 11.1 Å². The zero-order valence-corrected chi connectivity index (χ0v) is 20.8. The van der Waals surface area contributed by atoms with Gasteiger partial charge >= 0.3 is 6.18 Å². The maximum atomic E-state index is 12.9. The van der Waals surface area contributed by atoms with Crippen LogP contribution in [-0.4, -0.2) is 18.4 Å². The highest BCUT2D eigenvalue weighted by Crippen LogP contribution is 2.31. The molecule has 3 aromatic rings. The number of carbonyl (C=O) groups excluding carboxylic acids is 2. The largest absolute Gasteiger partial charge is 0.482 e. The number of ether oxygens (including phenoxy) is 1. The summed E-state index contributed by atoms with van der Waals surface area (Å²) in [5, 5.41) is 14.9. The fourth-order valence-corrected chi connectivity index (χ4v) is 3.47. The van der Waals surface area contributed by atoms with Gasteiger partial charge in [-0.2, -0.15) is 18.4 Å². The van der Waals surface area contributed by atoms with Crippen molar-refractivity contribution < 1.29 is 27.5 Å². The van der Waals surface area contributed by atoms with Gasteiger partial charge in [0.1, 0.15) is 17.4 Å². The molecule has 12 heteroatoms. The van der Waals surface area contributed by atoms with Crippen LogP contribution in [0.25, 0.3) is 6.08 Å². The number of nitrogens with zero attached hydrogens (tertiary/aromatic N) is 1. The Labute approximate surface area is 224 Å². The van der Waals surface area contributed by atoms with E-state index in [0.717, 1.165) is 18.2 Å². The molecule has 2 amide bonds. The number of hydrogen-bond acceptors (Lipinski definition) is 4. The van der Waals surface area contributed by atoms with Crippen molar-refractivity contribution in [2.24, 2.45) is 0 Å². The third-order valence-electron chi connectivity index (χ3n) is 4.64. The van der Waals surface area contributed by atoms with Gasteiger partial charge in [0.15, 0.2) is 6.61 Å². The predicted molar refractivity (Wildman–Crippen MR) is 136 cm³/mol. The van der Waals surface area contributed by atoms with E-state index in [2.05, 4.69) is 10.6 Å². The smallest absolute Gasteiger partial charge is 0.416 e. The van der Waals surface area contributed by atoms with Crippen LogP contribution < -0.4 is 15.4 Å². The van der Waals surface area contributed by atoms with Crippen molar-refractivity contribution >= 4 is 64.1 Å². The molecule has 3 aromatic carbocycles. The second-order valence-corrected chi connectivity index (χ2v) is 8.58. The second kappa shape index (κ2) is 12.0. The highest BCUT2D eigenvalue weighted by molar-refractivity contribution is 6.42. The van der Waals surface area contributed by atoms with Crippen molar-refractivity contribution in [1.29, 1.82) is 5.26 Å². The van der Waals surface area contributed by atoms with Gasteiger partial charge in [-0.05, 0) is 60.2 Å². The molecule has 0 aliphatic carbocycles. The maximum absolute atomic E-state index is 12.9. The van der Waals surface area contributed by atoms with E-state index in [-0.39, 0.29) is 33.7 Å². The van der Waals surface area contributed by atoms with Gasteiger partial charge < -0.3 is 15.4 Å². The van der Waals surface area contributed by atoms with Gasteiger partial charge in [-0.25, -0.2) is 0 Å². The molecule has 0 bridgehead atoms. The topological polar surface area (TPSA) is 91.2 Å². The fraction of sp³-hybridized carbons (Fsp3) is 0.0800. The average Bonchev–Trinajstić information content (AvgIpc) is 2.84. The minimum absolute atomic E-state index is 0.0895. The van der Waals surface area contributed by atoms with Crippen LogP contribution in [-0.2, 0) is 15.8 Å². The predicted octanol–water partition coefficient (Wildman–Crippen LogP) is 7.23. The molecule has 37 heavy (non-hydrogen) atoms. The SMILES string of the molecule is N#C/C(=C\c1ccc(OCC(=O)Nc2ccc(Cl)c(Cl)c2)c(Cl)c1)C(=O)Nc1cccc(C(F)(F)F)c1. The lowest BCUT2D eigenvalue weighted by Crippen LogP contribution is -2.20. The molecule has 0 atom stereocenters. The molecule has 0 saturated heterocycles. The first kappa shape index (κ1) is 27.9. The number of nitrogens with one attached hydrogen (secondary N) is 2. The summed E-state index contributed by atoms with van der Waals surface area (Å²) in [5.74, 6) is -1.23. The van der Waals surface area contributed by atoms with E-state index < -0.39 is 23.6 Å². The maximum Gasteiger partial charge on any atom is 0.416 e. The van der Waals surface area contributed by atoms with Crippen LogP contribution in [0.2, 0.25) is 15.1 Å². The van der Waals surface area contributed by atoms with E-state index >= 15 is 0 Å². The molecule has 6 nitrogen and oxygen atoms in total. The van der Waals surface area contributed by atoms with Gasteiger partial charge in [0.25, 0.3) is 11.8 Å². The fourth-order valence-electron chi connectivity index (χ4n) is 2.93. The summed E-state index contributed by atoms with van der Waals surface area (Å²) in [4.78, 5) is 24.6. The third kappa shape index (κ3) is 7.89. The van der Waals surface area contributed by atoms with Gasteiger partial charge in [-0.15, -0.1) is 0 Å². The molecule has 190 valence electrons. The van der Waals surface area contributed by atoms with Gasteiger partial charge in [-0.1, -0.05) is 46.9 Å². The second-order valence-electron chi connectivity index (χ2n) is 7.36. The molecule has 0 fully saturated rings. The Kier molecular flexibility index (Phi) is 9.05. The van der Waals surface area contributed by atoms with Crippen molar-refractivity contribution in [3.05, 3.63) is 92.4 Å². The Balaban J connectivity index is 1.65. The highest BCUT2D eigenvalue weighted by atomic mass is 35.5. The lowest BCUT2D eigenvalue weighted by Gasteiger charge is -2.10. The van der Waals surface area contributed by atoms with E-state index in [9.17, 15) is 28.0 Å². The van der Waals surface area contributed by atoms with E-state index in [1.165, 1.54) is 42.5 Å². The number of anilines is 2. The van der Waals surface area contributed by atoms with Crippen molar-refractivity contribution in [3.63, 3.8) is 0 Å². The van der Waals surface area contributed by atoms with Crippen molar-refractivity contribution in [2.75, 3.05) is 17.2 Å². The minimum Gasteiger partial charge on any atom is -0.482 e. The number of alkyl halides is 3. The molecule has 0 spiro atoms. The molecule has 0 unspecified atom stereocenters. The number of carbonyl (C=O) groups is 2. The van der Waals surface area contributed by atoms with E-state index in [1.54, 1.807) is 12.1 Å². The van der Waals surface area contributed by atoms with Gasteiger partial charge in [0.05, 0.1) is 20.6 Å². The number of nitriles is 1. The van der Waals surface area contributed by atoms with Crippen LogP contribution in [0.3, 0.4) is 0 Å². The summed E-state index contributed by atoms with van der Waals surface area (Å²) in [5.41, 5.74) is -0.679. The number of benzene rings is 3. The Morgan fingerprint density at radius 1 is 0.919 bits per heavy atom. The summed E-state index contributed by atoms with van der Waals surface area (Å²) >= 11 is 17.9. The zero-order chi connectivity index (χ0) is 27.2. The van der Waals surface area contributed by atoms with Crippen LogP contribution >= 0.6 is 34.8 Å². The number of rotatable bonds is 7. The molecule has 0 aliphatic rings. The number of hydrogen-bond donors (Lipinski definition) is 2. The lowest BCUT2D eigenvalue weighted by molar-refractivity contribution is -0.137. The molecule has 0 heterocycles. The first-order chi connectivity index (χ1) is 17.5. The Morgan fingerprint density at radius 3 is 2.30 bits per heavy atom. The summed E-state index contributed by atoms with van der Waals surface area (Å²) in [6.45, 7) is -0.377. The zero-order valence-electron chi connectivity index (χ0n) is 18.5. The highest BCUT2D eigenvalue weighted by Gasteiger charge is 2.30. The molecular weight excluding hydrogens is 554 g/mol. The number of halogens is 6. The van der Waals surface area contributed by atoms with Crippen LogP contribution in [0.15, 0.2) is 66.2 Å². The summed E-state index contributed by atoms with van der Waals surface area (Å²) < 4.78 is 44.1. The standard InChI is InChI=1S/C25H15Cl3F3N3O3/c26-19-6-5-18(11-20(19)27)33-23(35)13-37-22-7-4-14(9-21(22)28)8-15(12-32)24(36)34-17-3-1-2-16(10-17)25(29,30)31/h1-11H,13H2,(H,33,35)(H,34,36)/b15-8+. The lowest BCUT2D eigenvalue weighted by atomic mass is 10.1. The minimum atomic E-state index is -4.58. The van der Waals surface area contributed by atoms with Crippen LogP contribution in [0.5, 0.6) is 5.75 Å². The van der Waals surface area contributed by atoms with Crippen molar-refractivity contribution in [1.82, 2.24) is 0 Å². The van der Waals surface area contributed by atoms with E-state index in [4.69, 9.17) is 39.5 Å². The van der Waals surface area contributed by atoms with E-state index in [1.807, 2.05) is 0 Å². The van der Waals surface area contributed by atoms with Crippen molar-refractivity contribution in [3.8, 4) is 11.8 Å². The summed E-state index contributed by atoms with van der Waals surface area (Å²) in [7, 11) is 0. The summed E-state index contributed by atoms with van der Waals surface area (Å²) in [6.07, 6.45) is -3.38. The monoisotopic (exact) mass is 567 g/mol. The van der Waals surface area contributed by atoms with Crippen molar-refractivity contribution in [2.45, 2.75) is 6.18 Å². The first-order valence-electron chi connectivity index (χ1n) is 10.2. The molecule has 3 rings (SSSR count). The molecule has 0 radical (unpaired) electrons. The first-order valence-corrected chi connectivity index (χ1v) is 11.4. The van der Waals surface area contributed by atoms with Crippen LogP contribution in [0, 0.1) is 11.3 Å². The Morgan fingerprint density at radius 2 is 1.65 bits per heavy atom. The number of amides is 2. The average molecular weight is 569 g/mol. The van der Waals surface area contributed by atoms with Crippen LogP contribution in [0.4, 0.5) is 24.5 Å². The van der Waals surface area contributed by atoms with Gasteiger partial charge in [-0.3, -0.25) is 9.59 Å². The Hall–Kier alpha value is -3.71. The Bertz CT molecular complexity index is 1420. The molecule has 0 aromatic heterocycles. The summed E-state index contributed by atoms with van der Waals surface area (Å²) in [6, 6.07) is 14.6. The quantitative estimate of drug-likeness (QED) is 0.232. The molecule has 0 saturated carbocycles. The molecule has 2 N–H and O–H groups in total. The molecular formula is C25H15Cl3F3N3O3. The van der Waals surface area contributed by atoms with E-state index in [0.29, 0.717) is 16.3 Å². The van der Waals surface area contributed by atoms with Gasteiger partial charge in [0, 0.05) is 11.4 Å². The normalized spacial score (nSPS) is 11.4. The molecule has 0 aliphatic heterocycles. The third-order valence-corrected chi connectivity index (χ3v) is 5.68.